The molecule has 6 heteroatoms. The van der Waals surface area contributed by atoms with E-state index in [1.54, 1.807) is 24.3 Å². The fraction of sp³-hybridized carbons (Fsp3) is 0.207. The number of carbonyl (C=O) groups excluding carboxylic acids is 3. The molecule has 6 rings (SSSR count). The van der Waals surface area contributed by atoms with Crippen molar-refractivity contribution < 1.29 is 14.4 Å². The highest BCUT2D eigenvalue weighted by Gasteiger charge is 2.45. The van der Waals surface area contributed by atoms with E-state index in [1.807, 2.05) is 53.6 Å². The minimum Gasteiger partial charge on any atom is -0.361 e. The SMILES string of the molecule is CCCN1C(=O)c2ccccc2[C@@H](CN2C(=O)c3ccccc3C2=O)[C@@H]1c1c[nH]c2ccccc12. The number of para-hydroxylation sites is 1. The quantitative estimate of drug-likeness (QED) is 0.416. The van der Waals surface area contributed by atoms with Crippen molar-refractivity contribution >= 4 is 28.6 Å². The lowest BCUT2D eigenvalue weighted by atomic mass is 9.79. The van der Waals surface area contributed by atoms with E-state index in [-0.39, 0.29) is 36.2 Å². The van der Waals surface area contributed by atoms with Gasteiger partial charge in [0.25, 0.3) is 17.7 Å². The van der Waals surface area contributed by atoms with Crippen LogP contribution in [-0.4, -0.2) is 45.6 Å². The van der Waals surface area contributed by atoms with Gasteiger partial charge in [0.05, 0.1) is 17.2 Å². The molecule has 0 bridgehead atoms. The van der Waals surface area contributed by atoms with Crippen molar-refractivity contribution in [3.8, 4) is 0 Å². The predicted molar refractivity (Wildman–Crippen MR) is 133 cm³/mol. The molecule has 0 saturated carbocycles. The van der Waals surface area contributed by atoms with E-state index >= 15 is 0 Å². The number of aromatic nitrogens is 1. The summed E-state index contributed by atoms with van der Waals surface area (Å²) in [5.74, 6) is -0.840. The maximum atomic E-state index is 13.7. The lowest BCUT2D eigenvalue weighted by Gasteiger charge is -2.43. The zero-order valence-corrected chi connectivity index (χ0v) is 19.4. The smallest absolute Gasteiger partial charge is 0.261 e. The summed E-state index contributed by atoms with van der Waals surface area (Å²) in [6.45, 7) is 2.83. The average Bonchev–Trinajstić information content (AvgIpc) is 3.42. The van der Waals surface area contributed by atoms with Gasteiger partial charge in [0, 0.05) is 47.2 Å². The van der Waals surface area contributed by atoms with Gasteiger partial charge in [-0.2, -0.15) is 0 Å². The molecule has 6 nitrogen and oxygen atoms in total. The fourth-order valence-corrected chi connectivity index (χ4v) is 5.69. The first-order chi connectivity index (χ1) is 17.1. The number of fused-ring (bicyclic) bond motifs is 3. The van der Waals surface area contributed by atoms with Crippen LogP contribution in [0.1, 0.15) is 67.5 Å². The van der Waals surface area contributed by atoms with Crippen LogP contribution in [0.2, 0.25) is 0 Å². The van der Waals surface area contributed by atoms with Gasteiger partial charge in [0.15, 0.2) is 0 Å². The van der Waals surface area contributed by atoms with Crippen LogP contribution in [-0.2, 0) is 0 Å². The molecule has 2 aliphatic rings. The number of H-pyrrole nitrogens is 1. The Kier molecular flexibility index (Phi) is 5.02. The minimum absolute atomic E-state index is 0.0173. The molecular weight excluding hydrogens is 438 g/mol. The van der Waals surface area contributed by atoms with Crippen LogP contribution in [0.3, 0.4) is 0 Å². The second-order valence-corrected chi connectivity index (χ2v) is 9.19. The van der Waals surface area contributed by atoms with E-state index in [1.165, 1.54) is 4.90 Å². The molecule has 0 saturated heterocycles. The van der Waals surface area contributed by atoms with Gasteiger partial charge in [-0.25, -0.2) is 0 Å². The third-order valence-electron chi connectivity index (χ3n) is 7.23. The topological polar surface area (TPSA) is 73.5 Å². The molecule has 0 spiro atoms. The number of nitrogens with zero attached hydrogens (tertiary/aromatic N) is 2. The summed E-state index contributed by atoms with van der Waals surface area (Å²) in [4.78, 5) is 46.9. The number of nitrogens with one attached hydrogen (secondary N) is 1. The number of amides is 3. The molecular formula is C29H25N3O3. The molecule has 4 aromatic rings. The van der Waals surface area contributed by atoms with Crippen LogP contribution in [0.4, 0.5) is 0 Å². The van der Waals surface area contributed by atoms with Crippen molar-refractivity contribution in [1.82, 2.24) is 14.8 Å². The van der Waals surface area contributed by atoms with Crippen LogP contribution >= 0.6 is 0 Å². The van der Waals surface area contributed by atoms with Crippen molar-refractivity contribution in [2.75, 3.05) is 13.1 Å². The number of hydrogen-bond donors (Lipinski definition) is 1. The second kappa shape index (κ2) is 8.24. The molecule has 3 aromatic carbocycles. The Morgan fingerprint density at radius 2 is 1.37 bits per heavy atom. The molecule has 1 N–H and O–H groups in total. The summed E-state index contributed by atoms with van der Waals surface area (Å²) in [7, 11) is 0. The van der Waals surface area contributed by atoms with Gasteiger partial charge in [-0.3, -0.25) is 19.3 Å². The molecule has 2 aliphatic heterocycles. The van der Waals surface area contributed by atoms with E-state index in [9.17, 15) is 14.4 Å². The number of benzene rings is 3. The average molecular weight is 464 g/mol. The second-order valence-electron chi connectivity index (χ2n) is 9.19. The standard InChI is InChI=1S/C29H25N3O3/c1-2-15-31-26(23-16-30-25-14-8-7-10-19(23)25)24(18-9-3-4-11-20(18)27(31)33)17-32-28(34)21-12-5-6-13-22(21)29(32)35/h3-14,16,24,26,30H,2,15,17H2,1H3/t24-,26+/m1/s1. The van der Waals surface area contributed by atoms with Crippen molar-refractivity contribution in [3.63, 3.8) is 0 Å². The van der Waals surface area contributed by atoms with Gasteiger partial charge in [0.2, 0.25) is 0 Å². The summed E-state index contributed by atoms with van der Waals surface area (Å²) in [6.07, 6.45) is 2.76. The Morgan fingerprint density at radius 3 is 2.09 bits per heavy atom. The van der Waals surface area contributed by atoms with Gasteiger partial charge in [0.1, 0.15) is 0 Å². The first-order valence-electron chi connectivity index (χ1n) is 12.0. The van der Waals surface area contributed by atoms with Crippen molar-refractivity contribution in [2.24, 2.45) is 0 Å². The van der Waals surface area contributed by atoms with Crippen molar-refractivity contribution in [3.05, 3.63) is 107 Å². The molecule has 1 aromatic heterocycles. The molecule has 35 heavy (non-hydrogen) atoms. The van der Waals surface area contributed by atoms with Crippen LogP contribution in [0, 0.1) is 0 Å². The Balaban J connectivity index is 1.51. The normalized spacial score (nSPS) is 19.4. The zero-order valence-electron chi connectivity index (χ0n) is 19.4. The van der Waals surface area contributed by atoms with E-state index in [0.29, 0.717) is 23.2 Å². The molecule has 174 valence electrons. The maximum Gasteiger partial charge on any atom is 0.261 e. The largest absolute Gasteiger partial charge is 0.361 e. The highest BCUT2D eigenvalue weighted by atomic mass is 16.2. The monoisotopic (exact) mass is 463 g/mol. The number of aromatic amines is 1. The number of carbonyl (C=O) groups is 3. The lowest BCUT2D eigenvalue weighted by Crippen LogP contribution is -2.47. The van der Waals surface area contributed by atoms with Crippen molar-refractivity contribution in [1.29, 1.82) is 0 Å². The highest BCUT2D eigenvalue weighted by Crippen LogP contribution is 2.45. The summed E-state index contributed by atoms with van der Waals surface area (Å²) < 4.78 is 0. The highest BCUT2D eigenvalue weighted by molar-refractivity contribution is 6.21. The summed E-state index contributed by atoms with van der Waals surface area (Å²) in [5.41, 5.74) is 4.37. The van der Waals surface area contributed by atoms with Gasteiger partial charge < -0.3 is 9.88 Å². The van der Waals surface area contributed by atoms with E-state index < -0.39 is 0 Å². The summed E-state index contributed by atoms with van der Waals surface area (Å²) in [5, 5.41) is 1.04. The molecule has 0 unspecified atom stereocenters. The molecule has 0 radical (unpaired) electrons. The molecule has 0 fully saturated rings. The summed E-state index contributed by atoms with van der Waals surface area (Å²) >= 11 is 0. The zero-order chi connectivity index (χ0) is 24.1. The molecule has 2 atom stereocenters. The van der Waals surface area contributed by atoms with Crippen LogP contribution in [0.15, 0.2) is 79.0 Å². The third kappa shape index (κ3) is 3.21. The Bertz CT molecular complexity index is 1450. The fourth-order valence-electron chi connectivity index (χ4n) is 5.69. The van der Waals surface area contributed by atoms with E-state index in [4.69, 9.17) is 0 Å². The maximum absolute atomic E-state index is 13.7. The van der Waals surface area contributed by atoms with Crippen LogP contribution in [0.5, 0.6) is 0 Å². The van der Waals surface area contributed by atoms with Crippen LogP contribution < -0.4 is 0 Å². The van der Waals surface area contributed by atoms with Crippen LogP contribution in [0.25, 0.3) is 10.9 Å². The molecule has 0 aliphatic carbocycles. The molecule has 3 amide bonds. The van der Waals surface area contributed by atoms with Gasteiger partial charge in [-0.05, 0) is 36.2 Å². The third-order valence-corrected chi connectivity index (χ3v) is 7.23. The minimum atomic E-state index is -0.321. The van der Waals surface area contributed by atoms with Crippen molar-refractivity contribution in [2.45, 2.75) is 25.3 Å². The van der Waals surface area contributed by atoms with Gasteiger partial charge in [-0.15, -0.1) is 0 Å². The Hall–Kier alpha value is -4.19. The predicted octanol–water partition coefficient (Wildman–Crippen LogP) is 5.15. The number of hydrogen-bond acceptors (Lipinski definition) is 3. The Morgan fingerprint density at radius 1 is 0.743 bits per heavy atom. The van der Waals surface area contributed by atoms with Gasteiger partial charge >= 0.3 is 0 Å². The number of rotatable bonds is 5. The number of imide groups is 1. The lowest BCUT2D eigenvalue weighted by molar-refractivity contribution is 0.0537. The van der Waals surface area contributed by atoms with Gasteiger partial charge in [-0.1, -0.05) is 55.5 Å². The first-order valence-corrected chi connectivity index (χ1v) is 12.0. The van der Waals surface area contributed by atoms with E-state index in [0.717, 1.165) is 28.5 Å². The van der Waals surface area contributed by atoms with E-state index in [2.05, 4.69) is 18.0 Å². The molecule has 3 heterocycles. The Labute approximate surface area is 203 Å². The summed E-state index contributed by atoms with van der Waals surface area (Å²) in [6, 6.07) is 22.3. The first kappa shape index (κ1) is 21.4.